The van der Waals surface area contributed by atoms with Crippen molar-refractivity contribution in [3.8, 4) is 0 Å². The quantitative estimate of drug-likeness (QED) is 0.836. The van der Waals surface area contributed by atoms with Gasteiger partial charge in [-0.15, -0.1) is 11.3 Å². The minimum absolute atomic E-state index is 0.00515. The van der Waals surface area contributed by atoms with Crippen LogP contribution in [0.5, 0.6) is 0 Å². The first kappa shape index (κ1) is 17.1. The van der Waals surface area contributed by atoms with Crippen molar-refractivity contribution < 1.29 is 9.13 Å². The van der Waals surface area contributed by atoms with Gasteiger partial charge in [0.2, 0.25) is 0 Å². The monoisotopic (exact) mass is 361 g/mol. The van der Waals surface area contributed by atoms with Crippen LogP contribution in [0.4, 0.5) is 4.39 Å². The molecule has 0 saturated carbocycles. The first-order valence-electron chi connectivity index (χ1n) is 8.92. The standard InChI is InChI=1S/C19H24FN3OS/c20-17-3-1-16(2-4-17)13-22-8-5-19(6-9-22)15-23(10-11-24-19)14-18-21-7-12-25-18/h1-4,7,12H,5-6,8-11,13-15H2. The normalized spacial score (nSPS) is 21.6. The smallest absolute Gasteiger partial charge is 0.123 e. The maximum absolute atomic E-state index is 13.0. The summed E-state index contributed by atoms with van der Waals surface area (Å²) in [7, 11) is 0. The molecule has 0 radical (unpaired) electrons. The van der Waals surface area contributed by atoms with E-state index in [1.54, 1.807) is 23.5 Å². The molecule has 2 aromatic rings. The SMILES string of the molecule is Fc1ccc(CN2CCC3(CC2)CN(Cc2nccs2)CCO3)cc1. The lowest BCUT2D eigenvalue weighted by atomic mass is 9.89. The third-order valence-electron chi connectivity index (χ3n) is 5.26. The van der Waals surface area contributed by atoms with Crippen LogP contribution in [0, 0.1) is 5.82 Å². The Labute approximate surface area is 152 Å². The van der Waals surface area contributed by atoms with Crippen molar-refractivity contribution in [2.75, 3.05) is 32.8 Å². The number of morpholine rings is 1. The van der Waals surface area contributed by atoms with E-state index in [1.807, 2.05) is 23.7 Å². The molecule has 1 aromatic heterocycles. The molecule has 4 nitrogen and oxygen atoms in total. The highest BCUT2D eigenvalue weighted by molar-refractivity contribution is 7.09. The molecule has 2 fully saturated rings. The molecule has 0 atom stereocenters. The van der Waals surface area contributed by atoms with Crippen LogP contribution in [-0.4, -0.2) is 53.2 Å². The van der Waals surface area contributed by atoms with Crippen LogP contribution < -0.4 is 0 Å². The number of hydrogen-bond donors (Lipinski definition) is 0. The number of ether oxygens (including phenoxy) is 1. The Hall–Kier alpha value is -1.34. The number of hydrogen-bond acceptors (Lipinski definition) is 5. The van der Waals surface area contributed by atoms with E-state index in [9.17, 15) is 4.39 Å². The van der Waals surface area contributed by atoms with Crippen molar-refractivity contribution in [3.05, 3.63) is 52.2 Å². The third-order valence-corrected chi connectivity index (χ3v) is 6.02. The van der Waals surface area contributed by atoms with Crippen molar-refractivity contribution in [3.63, 3.8) is 0 Å². The molecular formula is C19H24FN3OS. The predicted octanol–water partition coefficient (Wildman–Crippen LogP) is 3.15. The summed E-state index contributed by atoms with van der Waals surface area (Å²) >= 11 is 1.73. The molecule has 134 valence electrons. The average Bonchev–Trinajstić information content (AvgIpc) is 3.12. The molecule has 0 amide bonds. The number of rotatable bonds is 4. The zero-order chi connectivity index (χ0) is 17.1. The highest BCUT2D eigenvalue weighted by atomic mass is 32.1. The van der Waals surface area contributed by atoms with Crippen LogP contribution in [0.25, 0.3) is 0 Å². The highest BCUT2D eigenvalue weighted by Gasteiger charge is 2.39. The van der Waals surface area contributed by atoms with Gasteiger partial charge in [0.05, 0.1) is 18.8 Å². The van der Waals surface area contributed by atoms with E-state index >= 15 is 0 Å². The Morgan fingerprint density at radius 2 is 1.88 bits per heavy atom. The molecular weight excluding hydrogens is 337 g/mol. The van der Waals surface area contributed by atoms with Gasteiger partial charge in [-0.2, -0.15) is 0 Å². The van der Waals surface area contributed by atoms with Gasteiger partial charge in [0, 0.05) is 44.3 Å². The fourth-order valence-electron chi connectivity index (χ4n) is 3.85. The fraction of sp³-hybridized carbons (Fsp3) is 0.526. The lowest BCUT2D eigenvalue weighted by Gasteiger charge is -2.47. The summed E-state index contributed by atoms with van der Waals surface area (Å²) < 4.78 is 19.3. The highest BCUT2D eigenvalue weighted by Crippen LogP contribution is 2.31. The van der Waals surface area contributed by atoms with Gasteiger partial charge in [-0.05, 0) is 30.5 Å². The molecule has 3 heterocycles. The van der Waals surface area contributed by atoms with E-state index in [-0.39, 0.29) is 11.4 Å². The van der Waals surface area contributed by atoms with Gasteiger partial charge in [-0.3, -0.25) is 9.80 Å². The van der Waals surface area contributed by atoms with Crippen molar-refractivity contribution in [1.82, 2.24) is 14.8 Å². The van der Waals surface area contributed by atoms with E-state index in [0.29, 0.717) is 0 Å². The van der Waals surface area contributed by atoms with Crippen molar-refractivity contribution >= 4 is 11.3 Å². The Kier molecular flexibility index (Phi) is 5.12. The third kappa shape index (κ3) is 4.26. The van der Waals surface area contributed by atoms with Gasteiger partial charge in [0.15, 0.2) is 0 Å². The second kappa shape index (κ2) is 7.50. The van der Waals surface area contributed by atoms with Crippen molar-refractivity contribution in [2.45, 2.75) is 31.5 Å². The maximum Gasteiger partial charge on any atom is 0.123 e. The number of benzene rings is 1. The van der Waals surface area contributed by atoms with Gasteiger partial charge in [-0.25, -0.2) is 9.37 Å². The fourth-order valence-corrected chi connectivity index (χ4v) is 4.51. The Balaban J connectivity index is 1.31. The second-order valence-electron chi connectivity index (χ2n) is 7.07. The van der Waals surface area contributed by atoms with Crippen LogP contribution in [0.3, 0.4) is 0 Å². The zero-order valence-electron chi connectivity index (χ0n) is 14.4. The van der Waals surface area contributed by atoms with Crippen molar-refractivity contribution in [1.29, 1.82) is 0 Å². The molecule has 0 unspecified atom stereocenters. The summed E-state index contributed by atoms with van der Waals surface area (Å²) in [4.78, 5) is 9.34. The van der Waals surface area contributed by atoms with Crippen molar-refractivity contribution in [2.24, 2.45) is 0 Å². The predicted molar refractivity (Wildman–Crippen MR) is 97.0 cm³/mol. The first-order valence-corrected chi connectivity index (χ1v) is 9.80. The van der Waals surface area contributed by atoms with E-state index in [4.69, 9.17) is 4.74 Å². The van der Waals surface area contributed by atoms with E-state index in [2.05, 4.69) is 14.8 Å². The van der Waals surface area contributed by atoms with Crippen LogP contribution in [0.2, 0.25) is 0 Å². The summed E-state index contributed by atoms with van der Waals surface area (Å²) in [5.74, 6) is -0.169. The average molecular weight is 361 g/mol. The summed E-state index contributed by atoms with van der Waals surface area (Å²) in [5.41, 5.74) is 1.17. The lowest BCUT2D eigenvalue weighted by molar-refractivity contribution is -0.138. The number of halogens is 1. The Morgan fingerprint density at radius 3 is 2.60 bits per heavy atom. The number of likely N-dealkylation sites (tertiary alicyclic amines) is 1. The summed E-state index contributed by atoms with van der Waals surface area (Å²) in [6, 6.07) is 6.85. The molecule has 2 aliphatic rings. The Morgan fingerprint density at radius 1 is 1.08 bits per heavy atom. The Bertz CT molecular complexity index is 668. The second-order valence-corrected chi connectivity index (χ2v) is 8.05. The molecule has 6 heteroatoms. The van der Waals surface area contributed by atoms with Gasteiger partial charge in [0.1, 0.15) is 10.8 Å². The molecule has 2 saturated heterocycles. The maximum atomic E-state index is 13.0. The molecule has 2 aliphatic heterocycles. The van der Waals surface area contributed by atoms with Crippen LogP contribution in [-0.2, 0) is 17.8 Å². The molecule has 1 aromatic carbocycles. The number of nitrogens with zero attached hydrogens (tertiary/aromatic N) is 3. The van der Waals surface area contributed by atoms with Crippen LogP contribution in [0.15, 0.2) is 35.8 Å². The van der Waals surface area contributed by atoms with Crippen LogP contribution in [0.1, 0.15) is 23.4 Å². The summed E-state index contributed by atoms with van der Waals surface area (Å²) in [6.07, 6.45) is 4.00. The van der Waals surface area contributed by atoms with Gasteiger partial charge in [-0.1, -0.05) is 12.1 Å². The van der Waals surface area contributed by atoms with E-state index in [0.717, 1.165) is 58.7 Å². The van der Waals surface area contributed by atoms with Crippen LogP contribution >= 0.6 is 11.3 Å². The number of piperidine rings is 1. The zero-order valence-corrected chi connectivity index (χ0v) is 15.2. The number of aromatic nitrogens is 1. The lowest BCUT2D eigenvalue weighted by Crippen LogP contribution is -2.56. The van der Waals surface area contributed by atoms with Gasteiger partial charge in [0.25, 0.3) is 0 Å². The molecule has 1 spiro atoms. The van der Waals surface area contributed by atoms with E-state index < -0.39 is 0 Å². The minimum atomic E-state index is -0.169. The molecule has 0 aliphatic carbocycles. The molecule has 4 rings (SSSR count). The topological polar surface area (TPSA) is 28.6 Å². The largest absolute Gasteiger partial charge is 0.372 e. The summed E-state index contributed by atoms with van der Waals surface area (Å²) in [6.45, 7) is 6.67. The van der Waals surface area contributed by atoms with Gasteiger partial charge >= 0.3 is 0 Å². The summed E-state index contributed by atoms with van der Waals surface area (Å²) in [5, 5.41) is 3.23. The minimum Gasteiger partial charge on any atom is -0.372 e. The molecule has 0 bridgehead atoms. The first-order chi connectivity index (χ1) is 12.2. The molecule has 25 heavy (non-hydrogen) atoms. The number of thiazole rings is 1. The van der Waals surface area contributed by atoms with Gasteiger partial charge < -0.3 is 4.74 Å². The molecule has 0 N–H and O–H groups in total. The van der Waals surface area contributed by atoms with E-state index in [1.165, 1.54) is 10.6 Å².